The fraction of sp³-hybridized carbons (Fsp3) is 0.0667. The number of carboxylic acid groups (broad SMARTS) is 2. The Morgan fingerprint density at radius 3 is 1.15 bits per heavy atom. The maximum Gasteiger partial charge on any atom is 2.00 e. The molecule has 0 unspecified atom stereocenters. The number of ketones is 2. The van der Waals surface area contributed by atoms with E-state index in [0.29, 0.717) is 33.4 Å². The molecule has 0 aliphatic heterocycles. The maximum absolute atomic E-state index is 12.3. The Labute approximate surface area is 238 Å². The van der Waals surface area contributed by atoms with Gasteiger partial charge in [0.05, 0.1) is 0 Å². The number of aliphatic carboxylic acids is 2. The van der Waals surface area contributed by atoms with Crippen LogP contribution in [0.1, 0.15) is 43.0 Å². The number of rotatable bonds is 8. The molecule has 4 N–H and O–H groups in total. The third kappa shape index (κ3) is 8.18. The summed E-state index contributed by atoms with van der Waals surface area (Å²) in [7, 11) is 0. The molecule has 4 rings (SSSR count). The van der Waals surface area contributed by atoms with E-state index in [1.807, 2.05) is 12.1 Å². The second-order valence-electron chi connectivity index (χ2n) is 8.24. The van der Waals surface area contributed by atoms with Crippen molar-refractivity contribution in [2.75, 3.05) is 11.5 Å². The van der Waals surface area contributed by atoms with Crippen molar-refractivity contribution in [2.45, 2.75) is 12.8 Å². The number of para-hydroxylation sites is 2. The van der Waals surface area contributed by atoms with E-state index in [1.54, 1.807) is 84.9 Å². The molecule has 0 fully saturated rings. The van der Waals surface area contributed by atoms with Gasteiger partial charge in [0.1, 0.15) is 0 Å². The van der Waals surface area contributed by atoms with E-state index in [0.717, 1.165) is 0 Å². The summed E-state index contributed by atoms with van der Waals surface area (Å²) in [5, 5.41) is 21.2. The number of hydrogen-bond donors (Lipinski definition) is 2. The van der Waals surface area contributed by atoms with Crippen molar-refractivity contribution in [3.05, 3.63) is 130 Å². The molecule has 9 heteroatoms. The molecule has 0 saturated carbocycles. The molecule has 4 aromatic carbocycles. The van der Waals surface area contributed by atoms with E-state index < -0.39 is 11.9 Å². The summed E-state index contributed by atoms with van der Waals surface area (Å²) in [6.07, 6.45) is -0.608. The van der Waals surface area contributed by atoms with Gasteiger partial charge >= 0.3 is 19.5 Å². The predicted octanol–water partition coefficient (Wildman–Crippen LogP) is 1.58. The number of nitrogens with two attached hydrogens (primary N) is 2. The minimum atomic E-state index is -1.23. The first-order chi connectivity index (χ1) is 18.2. The Balaban J connectivity index is 0.000000267. The Hall–Kier alpha value is -4.62. The van der Waals surface area contributed by atoms with E-state index in [-0.39, 0.29) is 55.3 Å². The molecule has 192 valence electrons. The van der Waals surface area contributed by atoms with Crippen LogP contribution in [0.5, 0.6) is 0 Å². The van der Waals surface area contributed by atoms with Crippen LogP contribution in [0.25, 0.3) is 0 Å². The van der Waals surface area contributed by atoms with Gasteiger partial charge in [0.25, 0.3) is 0 Å². The van der Waals surface area contributed by atoms with E-state index in [4.69, 9.17) is 11.5 Å². The predicted molar refractivity (Wildman–Crippen MR) is 139 cm³/mol. The van der Waals surface area contributed by atoms with Crippen LogP contribution in [0.15, 0.2) is 97.1 Å². The Kier molecular flexibility index (Phi) is 11.3. The molecule has 0 aliphatic carbocycles. The Bertz CT molecular complexity index is 1360. The second-order valence-corrected chi connectivity index (χ2v) is 8.24. The molecule has 39 heavy (non-hydrogen) atoms. The second kappa shape index (κ2) is 14.4. The molecule has 0 amide bonds. The molecular weight excluding hydrogens is 550 g/mol. The van der Waals surface area contributed by atoms with Crippen molar-refractivity contribution in [2.24, 2.45) is 0 Å². The summed E-state index contributed by atoms with van der Waals surface area (Å²) in [4.78, 5) is 45.8. The van der Waals surface area contributed by atoms with Gasteiger partial charge in [0.2, 0.25) is 0 Å². The van der Waals surface area contributed by atoms with Crippen LogP contribution in [0.4, 0.5) is 11.4 Å². The van der Waals surface area contributed by atoms with Gasteiger partial charge in [-0.15, -0.1) is 0 Å². The minimum absolute atomic E-state index is 0. The van der Waals surface area contributed by atoms with Crippen molar-refractivity contribution in [3.8, 4) is 0 Å². The molecule has 4 aromatic rings. The zero-order valence-electron chi connectivity index (χ0n) is 21.0. The van der Waals surface area contributed by atoms with Crippen LogP contribution < -0.4 is 21.7 Å². The number of nitrogen functional groups attached to an aromatic ring is 2. The molecule has 0 atom stereocenters. The third-order valence-corrected chi connectivity index (χ3v) is 5.62. The quantitative estimate of drug-likeness (QED) is 0.182. The van der Waals surface area contributed by atoms with Crippen LogP contribution >= 0.6 is 0 Å². The molecule has 0 spiro atoms. The Morgan fingerprint density at radius 1 is 0.513 bits per heavy atom. The van der Waals surface area contributed by atoms with E-state index in [1.165, 1.54) is 0 Å². The van der Waals surface area contributed by atoms with Crippen LogP contribution in [-0.4, -0.2) is 23.5 Å². The molecule has 0 aliphatic rings. The standard InChI is InChI=1S/2C15H13NO3.Zn/c2*16-14-11(9-13(17)18)7-4-8-12(14)15(19)10-5-2-1-3-6-10;/h2*1-8H,9,16H2,(H,17,18);/q;;+2/p-2. The molecular formula is C30H24N2O6Zn. The van der Waals surface area contributed by atoms with Crippen molar-refractivity contribution in [1.29, 1.82) is 0 Å². The van der Waals surface area contributed by atoms with Gasteiger partial charge in [-0.1, -0.05) is 84.9 Å². The van der Waals surface area contributed by atoms with Crippen molar-refractivity contribution in [1.82, 2.24) is 0 Å². The summed E-state index contributed by atoms with van der Waals surface area (Å²) in [5.41, 5.74) is 14.5. The van der Waals surface area contributed by atoms with Crippen LogP contribution in [0.2, 0.25) is 0 Å². The zero-order valence-corrected chi connectivity index (χ0v) is 23.9. The number of carbonyl (C=O) groups excluding carboxylic acids is 4. The smallest absolute Gasteiger partial charge is 0.550 e. The van der Waals surface area contributed by atoms with Gasteiger partial charge in [-0.05, 0) is 23.3 Å². The summed E-state index contributed by atoms with van der Waals surface area (Å²) >= 11 is 0. The van der Waals surface area contributed by atoms with Gasteiger partial charge in [-0.2, -0.15) is 0 Å². The summed E-state index contributed by atoms with van der Waals surface area (Å²) < 4.78 is 0. The maximum atomic E-state index is 12.3. The first kappa shape index (κ1) is 30.6. The molecule has 0 radical (unpaired) electrons. The van der Waals surface area contributed by atoms with E-state index in [9.17, 15) is 29.4 Å². The van der Waals surface area contributed by atoms with Gasteiger partial charge in [0, 0.05) is 58.4 Å². The average molecular weight is 574 g/mol. The number of benzene rings is 4. The van der Waals surface area contributed by atoms with Gasteiger partial charge in [-0.25, -0.2) is 0 Å². The monoisotopic (exact) mass is 572 g/mol. The van der Waals surface area contributed by atoms with Gasteiger partial charge in [0.15, 0.2) is 11.6 Å². The van der Waals surface area contributed by atoms with E-state index in [2.05, 4.69) is 0 Å². The molecule has 8 nitrogen and oxygen atoms in total. The van der Waals surface area contributed by atoms with Crippen LogP contribution in [0.3, 0.4) is 0 Å². The first-order valence-electron chi connectivity index (χ1n) is 11.5. The average Bonchev–Trinajstić information content (AvgIpc) is 2.91. The number of carboxylic acids is 2. The summed E-state index contributed by atoms with van der Waals surface area (Å²) in [5.74, 6) is -2.90. The van der Waals surface area contributed by atoms with Crippen LogP contribution in [0, 0.1) is 0 Å². The van der Waals surface area contributed by atoms with Crippen molar-refractivity contribution in [3.63, 3.8) is 0 Å². The molecule has 0 heterocycles. The largest absolute Gasteiger partial charge is 2.00 e. The van der Waals surface area contributed by atoms with Gasteiger partial charge in [-0.3, -0.25) is 9.59 Å². The minimum Gasteiger partial charge on any atom is -0.550 e. The number of anilines is 2. The van der Waals surface area contributed by atoms with Gasteiger partial charge < -0.3 is 31.3 Å². The third-order valence-electron chi connectivity index (χ3n) is 5.62. The topological polar surface area (TPSA) is 166 Å². The normalized spacial score (nSPS) is 9.85. The fourth-order valence-corrected chi connectivity index (χ4v) is 3.73. The SMILES string of the molecule is Nc1c(CC(=O)[O-])cccc1C(=O)c1ccccc1.Nc1c(CC(=O)[O-])cccc1C(=O)c1ccccc1.[Zn+2]. The summed E-state index contributed by atoms with van der Waals surface area (Å²) in [6.45, 7) is 0. The van der Waals surface area contributed by atoms with Crippen LogP contribution in [-0.2, 0) is 41.9 Å². The number of carbonyl (C=O) groups is 4. The zero-order chi connectivity index (χ0) is 27.7. The van der Waals surface area contributed by atoms with E-state index >= 15 is 0 Å². The number of hydrogen-bond acceptors (Lipinski definition) is 8. The van der Waals surface area contributed by atoms with Crippen molar-refractivity contribution < 1.29 is 48.9 Å². The molecule has 0 bridgehead atoms. The molecule has 0 aromatic heterocycles. The fourth-order valence-electron chi connectivity index (χ4n) is 3.73. The van der Waals surface area contributed by atoms with Crippen molar-refractivity contribution >= 4 is 34.9 Å². The Morgan fingerprint density at radius 2 is 0.846 bits per heavy atom. The first-order valence-corrected chi connectivity index (χ1v) is 11.5. The summed E-state index contributed by atoms with van der Waals surface area (Å²) in [6, 6.07) is 27.0. The molecule has 0 saturated heterocycles.